The third-order valence-corrected chi connectivity index (χ3v) is 5.59. The molecule has 2 unspecified atom stereocenters. The molecule has 0 bridgehead atoms. The lowest BCUT2D eigenvalue weighted by Crippen LogP contribution is -2.52. The van der Waals surface area contributed by atoms with Crippen molar-refractivity contribution in [3.05, 3.63) is 34.1 Å². The average molecular weight is 407 g/mol. The van der Waals surface area contributed by atoms with Gasteiger partial charge < -0.3 is 5.32 Å². The minimum absolute atomic E-state index is 0.140. The van der Waals surface area contributed by atoms with Crippen molar-refractivity contribution in [2.24, 2.45) is 5.92 Å². The van der Waals surface area contributed by atoms with E-state index in [0.29, 0.717) is 16.0 Å². The van der Waals surface area contributed by atoms with Crippen LogP contribution in [0.25, 0.3) is 0 Å². The zero-order valence-corrected chi connectivity index (χ0v) is 14.6. The molecule has 2 rings (SSSR count). The second-order valence-corrected chi connectivity index (χ2v) is 7.11. The lowest BCUT2D eigenvalue weighted by molar-refractivity contribution is 0.0869. The molecule has 0 aromatic heterocycles. The first-order valence-electron chi connectivity index (χ1n) is 6.79. The fourth-order valence-corrected chi connectivity index (χ4v) is 3.91. The van der Waals surface area contributed by atoms with Crippen LogP contribution in [-0.2, 0) is 0 Å². The van der Waals surface area contributed by atoms with Crippen LogP contribution in [0, 0.1) is 11.7 Å². The molecule has 5 heteroatoms. The van der Waals surface area contributed by atoms with Crippen molar-refractivity contribution in [1.82, 2.24) is 5.32 Å². The lowest BCUT2D eigenvalue weighted by Gasteiger charge is -2.39. The summed E-state index contributed by atoms with van der Waals surface area (Å²) in [7, 11) is 0. The molecule has 1 aliphatic carbocycles. The quantitative estimate of drug-likeness (QED) is 0.726. The van der Waals surface area contributed by atoms with E-state index in [1.807, 2.05) is 0 Å². The van der Waals surface area contributed by atoms with Crippen LogP contribution in [-0.4, -0.2) is 16.8 Å². The molecule has 1 saturated carbocycles. The number of hydrogen-bond donors (Lipinski definition) is 1. The van der Waals surface area contributed by atoms with Crippen molar-refractivity contribution in [1.29, 1.82) is 0 Å². The highest BCUT2D eigenvalue weighted by atomic mass is 79.9. The molecular formula is C15H18Br2FNO. The van der Waals surface area contributed by atoms with Crippen LogP contribution >= 0.6 is 31.9 Å². The highest BCUT2D eigenvalue weighted by Crippen LogP contribution is 2.34. The number of hydrogen-bond acceptors (Lipinski definition) is 1. The molecule has 0 spiro atoms. The van der Waals surface area contributed by atoms with E-state index in [9.17, 15) is 9.18 Å². The molecule has 0 heterocycles. The third-order valence-electron chi connectivity index (χ3n) is 3.91. The van der Waals surface area contributed by atoms with Gasteiger partial charge in [0.15, 0.2) is 0 Å². The van der Waals surface area contributed by atoms with Gasteiger partial charge in [-0.1, -0.05) is 35.7 Å². The van der Waals surface area contributed by atoms with Gasteiger partial charge in [-0.25, -0.2) is 4.39 Å². The Balaban J connectivity index is 2.14. The first kappa shape index (κ1) is 16.0. The molecule has 2 atom stereocenters. The van der Waals surface area contributed by atoms with Crippen molar-refractivity contribution in [2.75, 3.05) is 5.33 Å². The van der Waals surface area contributed by atoms with E-state index in [1.54, 1.807) is 0 Å². The summed E-state index contributed by atoms with van der Waals surface area (Å²) in [5.74, 6) is 0.115. The van der Waals surface area contributed by atoms with Crippen LogP contribution in [0.3, 0.4) is 0 Å². The van der Waals surface area contributed by atoms with Crippen LogP contribution < -0.4 is 5.32 Å². The van der Waals surface area contributed by atoms with E-state index >= 15 is 0 Å². The second kappa shape index (κ2) is 6.56. The second-order valence-electron chi connectivity index (χ2n) is 5.70. The van der Waals surface area contributed by atoms with Crippen LogP contribution in [0.4, 0.5) is 4.39 Å². The Kier molecular flexibility index (Phi) is 5.24. The Labute approximate surface area is 135 Å². The monoisotopic (exact) mass is 405 g/mol. The topological polar surface area (TPSA) is 29.1 Å². The summed E-state index contributed by atoms with van der Waals surface area (Å²) in [6.07, 6.45) is 4.30. The molecule has 2 nitrogen and oxygen atoms in total. The predicted octanol–water partition coefficient (Wildman–Crippen LogP) is 4.66. The van der Waals surface area contributed by atoms with E-state index in [0.717, 1.165) is 24.6 Å². The average Bonchev–Trinajstić information content (AvgIpc) is 2.41. The zero-order valence-electron chi connectivity index (χ0n) is 11.4. The summed E-state index contributed by atoms with van der Waals surface area (Å²) < 4.78 is 13.5. The number of rotatable bonds is 3. The van der Waals surface area contributed by atoms with Crippen LogP contribution in [0.1, 0.15) is 43.0 Å². The van der Waals surface area contributed by atoms with Gasteiger partial charge in [-0.3, -0.25) is 4.79 Å². The number of carbonyl (C=O) groups is 1. The first-order valence-corrected chi connectivity index (χ1v) is 8.71. The van der Waals surface area contributed by atoms with Gasteiger partial charge in [0.2, 0.25) is 0 Å². The van der Waals surface area contributed by atoms with Gasteiger partial charge in [0, 0.05) is 10.9 Å². The van der Waals surface area contributed by atoms with Gasteiger partial charge in [-0.05, 0) is 52.9 Å². The van der Waals surface area contributed by atoms with Crippen molar-refractivity contribution >= 4 is 37.8 Å². The van der Waals surface area contributed by atoms with Crippen molar-refractivity contribution in [3.8, 4) is 0 Å². The van der Waals surface area contributed by atoms with Crippen molar-refractivity contribution in [2.45, 2.75) is 38.1 Å². The number of amides is 1. The molecule has 20 heavy (non-hydrogen) atoms. The van der Waals surface area contributed by atoms with Gasteiger partial charge in [0.1, 0.15) is 5.82 Å². The highest BCUT2D eigenvalue weighted by Gasteiger charge is 2.35. The van der Waals surface area contributed by atoms with E-state index in [2.05, 4.69) is 44.1 Å². The molecule has 0 saturated heterocycles. The fourth-order valence-electron chi connectivity index (χ4n) is 2.88. The van der Waals surface area contributed by atoms with Gasteiger partial charge >= 0.3 is 0 Å². The maximum atomic E-state index is 13.2. The molecule has 1 aliphatic rings. The predicted molar refractivity (Wildman–Crippen MR) is 85.7 cm³/mol. The van der Waals surface area contributed by atoms with Crippen LogP contribution in [0.2, 0.25) is 0 Å². The van der Waals surface area contributed by atoms with Crippen molar-refractivity contribution < 1.29 is 9.18 Å². The Morgan fingerprint density at radius 3 is 2.90 bits per heavy atom. The molecule has 1 aromatic carbocycles. The van der Waals surface area contributed by atoms with Gasteiger partial charge in [-0.2, -0.15) is 0 Å². The summed E-state index contributed by atoms with van der Waals surface area (Å²) in [6, 6.07) is 4.35. The fraction of sp³-hybridized carbons (Fsp3) is 0.533. The maximum absolute atomic E-state index is 13.2. The largest absolute Gasteiger partial charge is 0.346 e. The molecule has 1 fully saturated rings. The van der Waals surface area contributed by atoms with Crippen LogP contribution in [0.15, 0.2) is 22.7 Å². The Hall–Kier alpha value is -0.420. The standard InChI is InChI=1S/C15H18Br2FNO/c1-10-3-2-6-15(8-10,9-16)19-14(20)11-4-5-13(18)12(17)7-11/h4-5,7,10H,2-3,6,8-9H2,1H3,(H,19,20). The summed E-state index contributed by atoms with van der Waals surface area (Å²) >= 11 is 6.65. The third kappa shape index (κ3) is 3.61. The Morgan fingerprint density at radius 1 is 1.55 bits per heavy atom. The molecule has 1 amide bonds. The van der Waals surface area contributed by atoms with E-state index in [1.165, 1.54) is 24.6 Å². The number of carbonyl (C=O) groups excluding carboxylic acids is 1. The Morgan fingerprint density at radius 2 is 2.30 bits per heavy atom. The smallest absolute Gasteiger partial charge is 0.251 e. The number of benzene rings is 1. The summed E-state index contributed by atoms with van der Waals surface area (Å²) in [5.41, 5.74) is 0.298. The van der Waals surface area contributed by atoms with E-state index < -0.39 is 0 Å². The summed E-state index contributed by atoms with van der Waals surface area (Å²) in [4.78, 5) is 12.4. The van der Waals surface area contributed by atoms with Gasteiger partial charge in [-0.15, -0.1) is 0 Å². The lowest BCUT2D eigenvalue weighted by atomic mass is 9.77. The molecule has 1 aromatic rings. The minimum Gasteiger partial charge on any atom is -0.346 e. The minimum atomic E-state index is -0.358. The van der Waals surface area contributed by atoms with Crippen LogP contribution in [0.5, 0.6) is 0 Å². The molecule has 110 valence electrons. The van der Waals surface area contributed by atoms with Gasteiger partial charge in [0.25, 0.3) is 5.91 Å². The Bertz CT molecular complexity index is 509. The van der Waals surface area contributed by atoms with Gasteiger partial charge in [0.05, 0.1) is 10.0 Å². The molecule has 0 aliphatic heterocycles. The molecular weight excluding hydrogens is 389 g/mol. The number of nitrogens with one attached hydrogen (secondary N) is 1. The number of alkyl halides is 1. The maximum Gasteiger partial charge on any atom is 0.251 e. The van der Waals surface area contributed by atoms with Crippen molar-refractivity contribution in [3.63, 3.8) is 0 Å². The SMILES string of the molecule is CC1CCCC(CBr)(NC(=O)c2ccc(F)c(Br)c2)C1. The van der Waals surface area contributed by atoms with E-state index in [-0.39, 0.29) is 17.3 Å². The number of halogens is 3. The first-order chi connectivity index (χ1) is 9.46. The molecule has 1 N–H and O–H groups in total. The molecule has 0 radical (unpaired) electrons. The zero-order chi connectivity index (χ0) is 14.8. The summed E-state index contributed by atoms with van der Waals surface area (Å²) in [5, 5.41) is 3.89. The normalized spacial score (nSPS) is 26.3. The highest BCUT2D eigenvalue weighted by molar-refractivity contribution is 9.10. The summed E-state index contributed by atoms with van der Waals surface area (Å²) in [6.45, 7) is 2.22. The van der Waals surface area contributed by atoms with E-state index in [4.69, 9.17) is 0 Å².